The number of hydrogen-bond donors (Lipinski definition) is 2. The Bertz CT molecular complexity index is 1130. The largest absolute Gasteiger partial charge is 0.490 e. The second-order valence-electron chi connectivity index (χ2n) is 7.65. The number of carboxylic acids is 1. The van der Waals surface area contributed by atoms with Gasteiger partial charge in [-0.25, -0.2) is 9.18 Å². The van der Waals surface area contributed by atoms with Crippen LogP contribution in [0.15, 0.2) is 54.6 Å². The Labute approximate surface area is 179 Å². The lowest BCUT2D eigenvalue weighted by atomic mass is 10.0. The van der Waals surface area contributed by atoms with E-state index in [1.807, 2.05) is 24.3 Å². The van der Waals surface area contributed by atoms with Crippen molar-refractivity contribution in [1.29, 1.82) is 0 Å². The molecule has 31 heavy (non-hydrogen) atoms. The lowest BCUT2D eigenvalue weighted by Crippen LogP contribution is -2.49. The van der Waals surface area contributed by atoms with E-state index in [0.717, 1.165) is 10.8 Å². The fraction of sp³-hybridized carbons (Fsp3) is 0.250. The smallest absolute Gasteiger partial charge is 0.328 e. The first-order valence-electron chi connectivity index (χ1n) is 9.78. The Morgan fingerprint density at radius 1 is 1.03 bits per heavy atom. The number of ether oxygens (including phenoxy) is 2. The Kier molecular flexibility index (Phi) is 6.44. The van der Waals surface area contributed by atoms with Gasteiger partial charge in [0.05, 0.1) is 5.56 Å². The van der Waals surface area contributed by atoms with E-state index in [1.54, 1.807) is 25.1 Å². The highest BCUT2D eigenvalue weighted by Gasteiger charge is 2.30. The highest BCUT2D eigenvalue weighted by Crippen LogP contribution is 2.30. The van der Waals surface area contributed by atoms with Gasteiger partial charge >= 0.3 is 5.97 Å². The zero-order valence-corrected chi connectivity index (χ0v) is 17.6. The molecule has 0 aromatic heterocycles. The van der Waals surface area contributed by atoms with Gasteiger partial charge in [-0.2, -0.15) is 0 Å². The van der Waals surface area contributed by atoms with Crippen molar-refractivity contribution in [3.63, 3.8) is 0 Å². The highest BCUT2D eigenvalue weighted by atomic mass is 19.1. The topological polar surface area (TPSA) is 84.9 Å². The summed E-state index contributed by atoms with van der Waals surface area (Å²) in [6, 6.07) is 15.1. The molecule has 0 aliphatic rings. The normalized spacial score (nSPS) is 11.2. The number of fused-ring (bicyclic) bond motifs is 1. The summed E-state index contributed by atoms with van der Waals surface area (Å²) in [6.07, 6.45) is 0. The predicted molar refractivity (Wildman–Crippen MR) is 115 cm³/mol. The van der Waals surface area contributed by atoms with Crippen molar-refractivity contribution in [2.24, 2.45) is 0 Å². The molecule has 0 radical (unpaired) electrons. The number of carbonyl (C=O) groups excluding carboxylic acids is 1. The summed E-state index contributed by atoms with van der Waals surface area (Å²) < 4.78 is 24.8. The van der Waals surface area contributed by atoms with Gasteiger partial charge in [0.1, 0.15) is 36.1 Å². The molecule has 1 amide bonds. The highest BCUT2D eigenvalue weighted by molar-refractivity contribution is 6.05. The van der Waals surface area contributed by atoms with Crippen molar-refractivity contribution < 1.29 is 28.6 Å². The first kappa shape index (κ1) is 22.1. The monoisotopic (exact) mass is 425 g/mol. The van der Waals surface area contributed by atoms with Gasteiger partial charge in [-0.05, 0) is 56.0 Å². The molecule has 7 heteroatoms. The van der Waals surface area contributed by atoms with Crippen LogP contribution in [0, 0.1) is 12.7 Å². The van der Waals surface area contributed by atoms with E-state index in [-0.39, 0.29) is 24.6 Å². The van der Waals surface area contributed by atoms with Gasteiger partial charge in [0.25, 0.3) is 5.91 Å². The summed E-state index contributed by atoms with van der Waals surface area (Å²) in [5, 5.41) is 13.4. The molecule has 6 nitrogen and oxygen atoms in total. The lowest BCUT2D eigenvalue weighted by Gasteiger charge is -2.22. The molecule has 0 saturated carbocycles. The van der Waals surface area contributed by atoms with E-state index in [0.29, 0.717) is 17.1 Å². The first-order chi connectivity index (χ1) is 14.7. The van der Waals surface area contributed by atoms with Crippen LogP contribution in [0.2, 0.25) is 0 Å². The van der Waals surface area contributed by atoms with Crippen LogP contribution in [0.25, 0.3) is 10.8 Å². The van der Waals surface area contributed by atoms with Gasteiger partial charge in [0.2, 0.25) is 0 Å². The van der Waals surface area contributed by atoms with Crippen molar-refractivity contribution in [3.8, 4) is 11.5 Å². The number of carboxylic acid groups (broad SMARTS) is 1. The van der Waals surface area contributed by atoms with Crippen molar-refractivity contribution in [3.05, 3.63) is 71.5 Å². The van der Waals surface area contributed by atoms with Crippen molar-refractivity contribution in [2.75, 3.05) is 13.2 Å². The van der Waals surface area contributed by atoms with Gasteiger partial charge < -0.3 is 19.9 Å². The van der Waals surface area contributed by atoms with Crippen LogP contribution in [0.1, 0.15) is 29.8 Å². The molecule has 3 aromatic rings. The molecule has 0 atom stereocenters. The summed E-state index contributed by atoms with van der Waals surface area (Å²) >= 11 is 0. The molecule has 3 aromatic carbocycles. The number of carbonyl (C=O) groups is 2. The third-order valence-corrected chi connectivity index (χ3v) is 4.81. The Balaban J connectivity index is 1.81. The second-order valence-corrected chi connectivity index (χ2v) is 7.65. The average molecular weight is 425 g/mol. The van der Waals surface area contributed by atoms with E-state index in [1.165, 1.54) is 26.0 Å². The van der Waals surface area contributed by atoms with E-state index < -0.39 is 17.4 Å². The molecular weight excluding hydrogens is 401 g/mol. The summed E-state index contributed by atoms with van der Waals surface area (Å²) in [5.41, 5.74) is -0.546. The molecule has 3 rings (SSSR count). The van der Waals surface area contributed by atoms with Crippen LogP contribution in [-0.2, 0) is 4.79 Å². The zero-order valence-electron chi connectivity index (χ0n) is 17.6. The molecule has 2 N–H and O–H groups in total. The Morgan fingerprint density at radius 2 is 1.74 bits per heavy atom. The van der Waals surface area contributed by atoms with Crippen LogP contribution in [0.4, 0.5) is 4.39 Å². The molecule has 0 spiro atoms. The second kappa shape index (κ2) is 9.04. The first-order valence-corrected chi connectivity index (χ1v) is 9.78. The maximum atomic E-state index is 13.2. The number of nitrogens with one attached hydrogen (secondary N) is 1. The van der Waals surface area contributed by atoms with Gasteiger partial charge in [-0.15, -0.1) is 0 Å². The molecule has 0 aliphatic carbocycles. The molecule has 0 aliphatic heterocycles. The molecule has 0 bridgehead atoms. The van der Waals surface area contributed by atoms with Crippen molar-refractivity contribution in [2.45, 2.75) is 26.3 Å². The lowest BCUT2D eigenvalue weighted by molar-refractivity contribution is -0.143. The SMILES string of the molecule is Cc1cc(F)ccc1OCCOc1c(C(=O)NC(C)(C)C(=O)O)ccc2ccccc12. The summed E-state index contributed by atoms with van der Waals surface area (Å²) in [6.45, 7) is 4.88. The van der Waals surface area contributed by atoms with Crippen LogP contribution in [-0.4, -0.2) is 35.7 Å². The maximum absolute atomic E-state index is 13.2. The number of aliphatic carboxylic acids is 1. The quantitative estimate of drug-likeness (QED) is 0.525. The minimum absolute atomic E-state index is 0.132. The number of rotatable bonds is 8. The van der Waals surface area contributed by atoms with Gasteiger partial charge in [-0.3, -0.25) is 4.79 Å². The van der Waals surface area contributed by atoms with Gasteiger partial charge in [0, 0.05) is 5.39 Å². The minimum Gasteiger partial charge on any atom is -0.490 e. The van der Waals surface area contributed by atoms with E-state index >= 15 is 0 Å². The summed E-state index contributed by atoms with van der Waals surface area (Å²) in [4.78, 5) is 24.2. The summed E-state index contributed by atoms with van der Waals surface area (Å²) in [5.74, 6) is -1.15. The third kappa shape index (κ3) is 5.12. The molecular formula is C24H24FNO5. The van der Waals surface area contributed by atoms with E-state index in [2.05, 4.69) is 5.32 Å². The number of halogens is 1. The van der Waals surface area contributed by atoms with Crippen LogP contribution in [0.3, 0.4) is 0 Å². The molecule has 0 heterocycles. The zero-order chi connectivity index (χ0) is 22.6. The number of benzene rings is 3. The van der Waals surface area contributed by atoms with E-state index in [4.69, 9.17) is 9.47 Å². The number of aryl methyl sites for hydroxylation is 1. The number of amides is 1. The maximum Gasteiger partial charge on any atom is 0.328 e. The minimum atomic E-state index is -1.44. The Morgan fingerprint density at radius 3 is 2.45 bits per heavy atom. The fourth-order valence-corrected chi connectivity index (χ4v) is 3.05. The van der Waals surface area contributed by atoms with Crippen molar-refractivity contribution in [1.82, 2.24) is 5.32 Å². The van der Waals surface area contributed by atoms with Crippen molar-refractivity contribution >= 4 is 22.6 Å². The predicted octanol–water partition coefficient (Wildman–Crippen LogP) is 4.34. The third-order valence-electron chi connectivity index (χ3n) is 4.81. The van der Waals surface area contributed by atoms with Gasteiger partial charge in [-0.1, -0.05) is 30.3 Å². The fourth-order valence-electron chi connectivity index (χ4n) is 3.05. The van der Waals surface area contributed by atoms with Crippen LogP contribution in [0.5, 0.6) is 11.5 Å². The van der Waals surface area contributed by atoms with Gasteiger partial charge in [0.15, 0.2) is 0 Å². The van der Waals surface area contributed by atoms with Crippen LogP contribution >= 0.6 is 0 Å². The molecule has 0 unspecified atom stereocenters. The van der Waals surface area contributed by atoms with E-state index in [9.17, 15) is 19.1 Å². The average Bonchev–Trinajstić information content (AvgIpc) is 2.71. The molecule has 0 saturated heterocycles. The molecule has 0 fully saturated rings. The summed E-state index contributed by atoms with van der Waals surface area (Å²) in [7, 11) is 0. The molecule has 162 valence electrons. The Hall–Kier alpha value is -3.61. The van der Waals surface area contributed by atoms with Crippen LogP contribution < -0.4 is 14.8 Å². The standard InChI is InChI=1S/C24H24FNO5/c1-15-14-17(25)9-11-20(15)30-12-13-31-21-18-7-5-4-6-16(18)8-10-19(21)22(27)26-24(2,3)23(28)29/h4-11,14H,12-13H2,1-3H3,(H,26,27)(H,28,29). The number of hydrogen-bond acceptors (Lipinski definition) is 4.